The number of hydrogen-bond donors (Lipinski definition) is 2. The van der Waals surface area contributed by atoms with Crippen LogP contribution in [-0.4, -0.2) is 46.5 Å². The molecule has 3 N–H and O–H groups in total. The summed E-state index contributed by atoms with van der Waals surface area (Å²) in [6.07, 6.45) is 5.05. The molecule has 0 spiro atoms. The van der Waals surface area contributed by atoms with Gasteiger partial charge in [0.25, 0.3) is 0 Å². The number of carbonyl (C=O) groups excluding carboxylic acids is 1. The zero-order chi connectivity index (χ0) is 20.5. The Morgan fingerprint density at radius 2 is 1.96 bits per heavy atom. The fourth-order valence-corrected chi connectivity index (χ4v) is 4.04. The second-order valence-electron chi connectivity index (χ2n) is 8.25. The number of halogens is 1. The highest BCUT2D eigenvalue weighted by atomic mass is 35.5. The summed E-state index contributed by atoms with van der Waals surface area (Å²) in [6, 6.07) is 3.81. The minimum atomic E-state index is 0.00376. The summed E-state index contributed by atoms with van der Waals surface area (Å²) in [4.78, 5) is 15.0. The second kappa shape index (κ2) is 11.0. The van der Waals surface area contributed by atoms with Crippen LogP contribution in [0.3, 0.4) is 0 Å². The van der Waals surface area contributed by atoms with Gasteiger partial charge in [-0.1, -0.05) is 11.6 Å². The molecule has 1 saturated heterocycles. The minimum Gasteiger partial charge on any atom is -0.400 e. The molecule has 0 aliphatic carbocycles. The van der Waals surface area contributed by atoms with Gasteiger partial charge in [0.2, 0.25) is 0 Å². The number of likely N-dealkylation sites (tertiary alicyclic amines) is 1. The quantitative estimate of drug-likeness (QED) is 0.823. The molecule has 1 aliphatic heterocycles. The Bertz CT molecular complexity index is 515. The van der Waals surface area contributed by atoms with Gasteiger partial charge in [-0.15, -0.1) is 0 Å². The highest BCUT2D eigenvalue weighted by Gasteiger charge is 2.43. The first kappa shape index (κ1) is 25.0. The van der Waals surface area contributed by atoms with E-state index in [4.69, 9.17) is 27.2 Å². The third-order valence-electron chi connectivity index (χ3n) is 4.79. The van der Waals surface area contributed by atoms with Gasteiger partial charge >= 0.3 is 0 Å². The van der Waals surface area contributed by atoms with E-state index in [9.17, 15) is 0 Å². The van der Waals surface area contributed by atoms with Crippen molar-refractivity contribution in [1.29, 1.82) is 0 Å². The largest absolute Gasteiger partial charge is 0.400 e. The predicted octanol–water partition coefficient (Wildman–Crippen LogP) is 3.84. The Labute approximate surface area is 163 Å². The summed E-state index contributed by atoms with van der Waals surface area (Å²) in [6.45, 7) is 14.8. The van der Waals surface area contributed by atoms with Crippen LogP contribution in [-0.2, 0) is 4.79 Å². The van der Waals surface area contributed by atoms with E-state index in [1.165, 1.54) is 6.42 Å². The molecule has 0 bridgehead atoms. The maximum atomic E-state index is 8.00. The molecule has 0 amide bonds. The molecule has 2 unspecified atom stereocenters. The number of carbonyl (C=O) groups is 1. The van der Waals surface area contributed by atoms with Crippen LogP contribution in [0.25, 0.3) is 0 Å². The molecule has 1 fully saturated rings. The van der Waals surface area contributed by atoms with Crippen LogP contribution in [0.1, 0.15) is 65.6 Å². The number of hydrogen-bond acceptors (Lipinski definition) is 5. The maximum Gasteiger partial charge on any atom is 0.106 e. The van der Waals surface area contributed by atoms with Gasteiger partial charge in [0, 0.05) is 37.0 Å². The van der Waals surface area contributed by atoms with Gasteiger partial charge in [0.05, 0.1) is 10.7 Å². The third-order valence-corrected chi connectivity index (χ3v) is 5.01. The van der Waals surface area contributed by atoms with E-state index >= 15 is 0 Å². The van der Waals surface area contributed by atoms with E-state index in [0.29, 0.717) is 10.9 Å². The van der Waals surface area contributed by atoms with E-state index in [-0.39, 0.29) is 17.1 Å². The summed E-state index contributed by atoms with van der Waals surface area (Å²) in [5.41, 5.74) is 7.72. The number of rotatable bonds is 4. The van der Waals surface area contributed by atoms with Crippen LogP contribution >= 0.6 is 11.6 Å². The van der Waals surface area contributed by atoms with E-state index in [1.807, 2.05) is 18.9 Å². The van der Waals surface area contributed by atoms with Crippen molar-refractivity contribution in [2.75, 3.05) is 13.7 Å². The molecule has 26 heavy (non-hydrogen) atoms. The van der Waals surface area contributed by atoms with Gasteiger partial charge in [-0.05, 0) is 71.9 Å². The molecular weight excluding hydrogens is 350 g/mol. The first-order valence-electron chi connectivity index (χ1n) is 8.98. The Morgan fingerprint density at radius 1 is 1.38 bits per heavy atom. The Morgan fingerprint density at radius 3 is 2.38 bits per heavy atom. The van der Waals surface area contributed by atoms with Crippen LogP contribution in [0, 0.1) is 5.92 Å². The van der Waals surface area contributed by atoms with Crippen molar-refractivity contribution in [3.8, 4) is 0 Å². The number of aliphatic hydroxyl groups is 1. The van der Waals surface area contributed by atoms with Crippen molar-refractivity contribution in [2.45, 2.75) is 71.0 Å². The van der Waals surface area contributed by atoms with Crippen LogP contribution in [0.15, 0.2) is 18.3 Å². The molecule has 1 aliphatic rings. The number of nitrogens with two attached hydrogens (primary N) is 1. The third kappa shape index (κ3) is 7.31. The lowest BCUT2D eigenvalue weighted by Gasteiger charge is -2.42. The molecule has 2 rings (SSSR count). The van der Waals surface area contributed by atoms with Crippen LogP contribution in [0.2, 0.25) is 5.02 Å². The first-order valence-corrected chi connectivity index (χ1v) is 9.36. The lowest BCUT2D eigenvalue weighted by molar-refractivity contribution is -0.0979. The molecule has 0 saturated carbocycles. The zero-order valence-electron chi connectivity index (χ0n) is 17.1. The van der Waals surface area contributed by atoms with Gasteiger partial charge in [-0.25, -0.2) is 0 Å². The highest BCUT2D eigenvalue weighted by molar-refractivity contribution is 6.30. The monoisotopic (exact) mass is 385 g/mol. The van der Waals surface area contributed by atoms with Crippen molar-refractivity contribution in [3.63, 3.8) is 0 Å². The fraction of sp³-hybridized carbons (Fsp3) is 0.700. The van der Waals surface area contributed by atoms with E-state index in [2.05, 4.69) is 44.5 Å². The standard InChI is InChI=1S/C18H30ClN3.CH4O.CH2O/c1-17(2,3)22-12-13(10-18(22,4)5)6-8-15(20)16-9-7-14(19)11-21-16;2*1-2/h7,9,11,13,15H,6,8,10,12,20H2,1-5H3;2H,1H3;1H2. The van der Waals surface area contributed by atoms with Gasteiger partial charge in [0.1, 0.15) is 6.79 Å². The minimum absolute atomic E-state index is 0.00376. The molecule has 0 aromatic carbocycles. The number of aliphatic hydroxyl groups excluding tert-OH is 1. The SMILES string of the molecule is C=O.CC(C)(C)N1CC(CCC(N)c2ccc(Cl)cn2)CC1(C)C.CO. The molecule has 2 atom stereocenters. The Balaban J connectivity index is 0.00000146. The van der Waals surface area contributed by atoms with Gasteiger partial charge in [-0.3, -0.25) is 9.88 Å². The molecule has 1 aromatic rings. The first-order chi connectivity index (χ1) is 12.1. The summed E-state index contributed by atoms with van der Waals surface area (Å²) in [7, 11) is 1.00. The average molecular weight is 386 g/mol. The lowest BCUT2D eigenvalue weighted by atomic mass is 9.91. The van der Waals surface area contributed by atoms with Crippen LogP contribution in [0.5, 0.6) is 0 Å². The average Bonchev–Trinajstić information content (AvgIpc) is 2.92. The summed E-state index contributed by atoms with van der Waals surface area (Å²) >= 11 is 5.88. The molecule has 5 nitrogen and oxygen atoms in total. The normalized spacial score (nSPS) is 20.4. The summed E-state index contributed by atoms with van der Waals surface area (Å²) < 4.78 is 0. The lowest BCUT2D eigenvalue weighted by Crippen LogP contribution is -2.50. The number of pyridine rings is 1. The fourth-order valence-electron chi connectivity index (χ4n) is 3.93. The molecule has 6 heteroatoms. The van der Waals surface area contributed by atoms with E-state index in [1.54, 1.807) is 6.20 Å². The molecular formula is C20H36ClN3O2. The van der Waals surface area contributed by atoms with Crippen molar-refractivity contribution in [1.82, 2.24) is 9.88 Å². The van der Waals surface area contributed by atoms with E-state index < -0.39 is 0 Å². The van der Waals surface area contributed by atoms with Crippen molar-refractivity contribution >= 4 is 18.4 Å². The molecule has 0 radical (unpaired) electrons. The van der Waals surface area contributed by atoms with Crippen molar-refractivity contribution < 1.29 is 9.90 Å². The van der Waals surface area contributed by atoms with Crippen LogP contribution < -0.4 is 5.73 Å². The number of aromatic nitrogens is 1. The van der Waals surface area contributed by atoms with Crippen molar-refractivity contribution in [3.05, 3.63) is 29.0 Å². The van der Waals surface area contributed by atoms with E-state index in [0.717, 1.165) is 32.2 Å². The summed E-state index contributed by atoms with van der Waals surface area (Å²) in [5.74, 6) is 0.715. The highest BCUT2D eigenvalue weighted by Crippen LogP contribution is 2.40. The van der Waals surface area contributed by atoms with Crippen LogP contribution in [0.4, 0.5) is 0 Å². The number of nitrogens with zero attached hydrogens (tertiary/aromatic N) is 2. The smallest absolute Gasteiger partial charge is 0.106 e. The van der Waals surface area contributed by atoms with Gasteiger partial charge in [0.15, 0.2) is 0 Å². The van der Waals surface area contributed by atoms with Crippen molar-refractivity contribution in [2.24, 2.45) is 11.7 Å². The Hall–Kier alpha value is -1.01. The predicted molar refractivity (Wildman–Crippen MR) is 109 cm³/mol. The second-order valence-corrected chi connectivity index (χ2v) is 8.69. The molecule has 1 aromatic heterocycles. The maximum absolute atomic E-state index is 8.00. The topological polar surface area (TPSA) is 79.5 Å². The Kier molecular flexibility index (Phi) is 10.5. The zero-order valence-corrected chi connectivity index (χ0v) is 17.9. The van der Waals surface area contributed by atoms with Gasteiger partial charge < -0.3 is 15.6 Å². The molecule has 150 valence electrons. The molecule has 2 heterocycles. The van der Waals surface area contributed by atoms with Gasteiger partial charge in [-0.2, -0.15) is 0 Å². The summed E-state index contributed by atoms with van der Waals surface area (Å²) in [5, 5.41) is 7.66.